The van der Waals surface area contributed by atoms with E-state index >= 15 is 0 Å². The molecule has 10 heteroatoms. The molecule has 34 heavy (non-hydrogen) atoms. The number of amides is 1. The van der Waals surface area contributed by atoms with E-state index < -0.39 is 21.5 Å². The molecule has 0 fully saturated rings. The van der Waals surface area contributed by atoms with Gasteiger partial charge in [0, 0.05) is 36.3 Å². The van der Waals surface area contributed by atoms with Gasteiger partial charge in [-0.2, -0.15) is 4.31 Å². The molecule has 0 saturated heterocycles. The first-order chi connectivity index (χ1) is 16.3. The Bertz CT molecular complexity index is 1500. The molecule has 2 heterocycles. The number of nitrogens with one attached hydrogen (secondary N) is 1. The molecule has 0 radical (unpaired) electrons. The average molecular weight is 497 g/mol. The number of aromatic nitrogens is 2. The summed E-state index contributed by atoms with van der Waals surface area (Å²) in [5.74, 6) is -0.473. The second-order valence-electron chi connectivity index (χ2n) is 7.57. The summed E-state index contributed by atoms with van der Waals surface area (Å²) < 4.78 is 27.9. The molecule has 0 bridgehead atoms. The first-order valence-corrected chi connectivity index (χ1v) is 13.1. The molecule has 1 amide bonds. The van der Waals surface area contributed by atoms with Crippen molar-refractivity contribution in [1.82, 2.24) is 13.9 Å². The molecule has 0 saturated carbocycles. The van der Waals surface area contributed by atoms with Crippen LogP contribution in [-0.4, -0.2) is 41.3 Å². The fourth-order valence-electron chi connectivity index (χ4n) is 3.62. The zero-order chi connectivity index (χ0) is 24.3. The van der Waals surface area contributed by atoms with E-state index in [-0.39, 0.29) is 11.4 Å². The number of fused-ring (bicyclic) bond motifs is 1. The van der Waals surface area contributed by atoms with E-state index in [0.29, 0.717) is 18.2 Å². The fraction of sp³-hybridized carbons (Fsp3) is 0.208. The molecule has 176 valence electrons. The third kappa shape index (κ3) is 4.93. The van der Waals surface area contributed by atoms with Crippen LogP contribution >= 0.6 is 11.3 Å². The average Bonchev–Trinajstić information content (AvgIpc) is 3.29. The maximum Gasteiger partial charge on any atom is 0.251 e. The molecule has 0 spiro atoms. The second kappa shape index (κ2) is 9.88. The van der Waals surface area contributed by atoms with E-state index in [9.17, 15) is 18.0 Å². The van der Waals surface area contributed by atoms with Crippen molar-refractivity contribution in [3.05, 3.63) is 76.5 Å². The Balaban J connectivity index is 1.50. The summed E-state index contributed by atoms with van der Waals surface area (Å²) in [6.45, 7) is 3.77. The smallest absolute Gasteiger partial charge is 0.251 e. The normalized spacial score (nSPS) is 11.7. The molecular formula is C24H24N4O4S2. The molecule has 0 atom stereocenters. The number of carbonyl (C=O) groups is 1. The van der Waals surface area contributed by atoms with Crippen molar-refractivity contribution in [2.75, 3.05) is 18.4 Å². The molecule has 0 aliphatic heterocycles. The van der Waals surface area contributed by atoms with Gasteiger partial charge < -0.3 is 9.88 Å². The Labute approximate surface area is 201 Å². The van der Waals surface area contributed by atoms with Crippen molar-refractivity contribution in [2.45, 2.75) is 25.3 Å². The minimum absolute atomic E-state index is 0.0311. The molecule has 1 N–H and O–H groups in total. The van der Waals surface area contributed by atoms with Gasteiger partial charge in [-0.15, -0.1) is 11.3 Å². The minimum Gasteiger partial charge on any atom is -0.305 e. The van der Waals surface area contributed by atoms with Crippen LogP contribution in [0.1, 0.15) is 13.8 Å². The Hall–Kier alpha value is -3.34. The zero-order valence-electron chi connectivity index (χ0n) is 18.8. The number of anilines is 1. The van der Waals surface area contributed by atoms with Crippen molar-refractivity contribution in [1.29, 1.82) is 0 Å². The topological polar surface area (TPSA) is 101 Å². The lowest BCUT2D eigenvalue weighted by atomic mass is 10.1. The molecule has 0 aliphatic rings. The Morgan fingerprint density at radius 2 is 1.79 bits per heavy atom. The molecule has 2 aromatic heterocycles. The lowest BCUT2D eigenvalue weighted by molar-refractivity contribution is -0.116. The fourth-order valence-corrected chi connectivity index (χ4v) is 5.84. The predicted octanol–water partition coefficient (Wildman–Crippen LogP) is 3.79. The maximum absolute atomic E-state index is 12.8. The molecule has 0 aliphatic carbocycles. The van der Waals surface area contributed by atoms with Gasteiger partial charge >= 0.3 is 0 Å². The number of hydrogen-bond acceptors (Lipinski definition) is 6. The van der Waals surface area contributed by atoms with Gasteiger partial charge in [-0.1, -0.05) is 50.2 Å². The minimum atomic E-state index is -3.75. The Morgan fingerprint density at radius 1 is 1.06 bits per heavy atom. The van der Waals surface area contributed by atoms with Crippen molar-refractivity contribution in [2.24, 2.45) is 0 Å². The van der Waals surface area contributed by atoms with E-state index in [4.69, 9.17) is 0 Å². The van der Waals surface area contributed by atoms with Gasteiger partial charge in [0.05, 0.1) is 10.6 Å². The highest BCUT2D eigenvalue weighted by Crippen LogP contribution is 2.27. The van der Waals surface area contributed by atoms with Crippen molar-refractivity contribution in [3.8, 4) is 11.3 Å². The van der Waals surface area contributed by atoms with Crippen LogP contribution in [0.2, 0.25) is 0 Å². The van der Waals surface area contributed by atoms with Crippen LogP contribution in [0, 0.1) is 0 Å². The zero-order valence-corrected chi connectivity index (χ0v) is 20.4. The van der Waals surface area contributed by atoms with Gasteiger partial charge in [0.25, 0.3) is 5.56 Å². The van der Waals surface area contributed by atoms with Crippen LogP contribution in [0.4, 0.5) is 5.13 Å². The monoisotopic (exact) mass is 496 g/mol. The first-order valence-electron chi connectivity index (χ1n) is 10.8. The SMILES string of the molecule is CCN(CC)S(=O)(=O)c1ccc(=O)n(CC(=O)Nc2nc(-c3ccc4ccccc4c3)cs2)c1. The number of thiazole rings is 1. The highest BCUT2D eigenvalue weighted by molar-refractivity contribution is 7.89. The number of sulfonamides is 1. The van der Waals surface area contributed by atoms with Gasteiger partial charge in [0.1, 0.15) is 6.54 Å². The van der Waals surface area contributed by atoms with Crippen LogP contribution < -0.4 is 10.9 Å². The molecule has 8 nitrogen and oxygen atoms in total. The molecule has 4 rings (SSSR count). The van der Waals surface area contributed by atoms with Crippen LogP contribution in [0.3, 0.4) is 0 Å². The summed E-state index contributed by atoms with van der Waals surface area (Å²) in [7, 11) is -3.75. The van der Waals surface area contributed by atoms with E-state index in [1.807, 2.05) is 47.8 Å². The first kappa shape index (κ1) is 23.8. The van der Waals surface area contributed by atoms with E-state index in [1.54, 1.807) is 13.8 Å². The van der Waals surface area contributed by atoms with Gasteiger partial charge in [0.2, 0.25) is 15.9 Å². The number of nitrogens with zero attached hydrogens (tertiary/aromatic N) is 3. The third-order valence-corrected chi connectivity index (χ3v) is 8.20. The second-order valence-corrected chi connectivity index (χ2v) is 10.4. The highest BCUT2D eigenvalue weighted by atomic mass is 32.2. The lowest BCUT2D eigenvalue weighted by Crippen LogP contribution is -2.33. The van der Waals surface area contributed by atoms with Gasteiger partial charge in [-0.25, -0.2) is 13.4 Å². The van der Waals surface area contributed by atoms with Gasteiger partial charge in [-0.05, 0) is 22.9 Å². The maximum atomic E-state index is 12.8. The number of benzene rings is 2. The van der Waals surface area contributed by atoms with Crippen LogP contribution in [-0.2, 0) is 21.4 Å². The Kier molecular flexibility index (Phi) is 6.92. The number of pyridine rings is 1. The summed E-state index contributed by atoms with van der Waals surface area (Å²) in [6, 6.07) is 16.5. The van der Waals surface area contributed by atoms with Crippen molar-refractivity contribution >= 4 is 43.2 Å². The van der Waals surface area contributed by atoms with Crippen LogP contribution in [0.15, 0.2) is 75.9 Å². The lowest BCUT2D eigenvalue weighted by Gasteiger charge is -2.18. The van der Waals surface area contributed by atoms with Gasteiger partial charge in [0.15, 0.2) is 5.13 Å². The molecule has 2 aromatic carbocycles. The van der Waals surface area contributed by atoms with Gasteiger partial charge in [-0.3, -0.25) is 9.59 Å². The summed E-state index contributed by atoms with van der Waals surface area (Å²) in [6.07, 6.45) is 1.21. The summed E-state index contributed by atoms with van der Waals surface area (Å²) in [5, 5.41) is 7.17. The number of carbonyl (C=O) groups excluding carboxylic acids is 1. The Morgan fingerprint density at radius 3 is 2.53 bits per heavy atom. The largest absolute Gasteiger partial charge is 0.305 e. The molecular weight excluding hydrogens is 472 g/mol. The molecule has 0 unspecified atom stereocenters. The van der Waals surface area contributed by atoms with Crippen molar-refractivity contribution in [3.63, 3.8) is 0 Å². The quantitative estimate of drug-likeness (QED) is 0.400. The van der Waals surface area contributed by atoms with E-state index in [0.717, 1.165) is 32.7 Å². The summed E-state index contributed by atoms with van der Waals surface area (Å²) in [5.41, 5.74) is 1.20. The van der Waals surface area contributed by atoms with Crippen LogP contribution in [0.25, 0.3) is 22.0 Å². The van der Waals surface area contributed by atoms with E-state index in [1.165, 1.54) is 27.9 Å². The van der Waals surface area contributed by atoms with Crippen LogP contribution in [0.5, 0.6) is 0 Å². The number of rotatable bonds is 8. The summed E-state index contributed by atoms with van der Waals surface area (Å²) >= 11 is 1.28. The summed E-state index contributed by atoms with van der Waals surface area (Å²) in [4.78, 5) is 29.3. The predicted molar refractivity (Wildman–Crippen MR) is 134 cm³/mol. The standard InChI is InChI=1S/C24H24N4O4S2/c1-3-28(4-2)34(31,32)20-11-12-23(30)27(14-20)15-22(29)26-24-25-21(16-33-24)19-10-9-17-7-5-6-8-18(17)13-19/h5-14,16H,3-4,15H2,1-2H3,(H,25,26,29). The van der Waals surface area contributed by atoms with E-state index in [2.05, 4.69) is 10.3 Å². The molecule has 4 aromatic rings. The third-order valence-electron chi connectivity index (χ3n) is 5.41. The van der Waals surface area contributed by atoms with Crippen molar-refractivity contribution < 1.29 is 13.2 Å². The highest BCUT2D eigenvalue weighted by Gasteiger charge is 2.22. The number of hydrogen-bond donors (Lipinski definition) is 1.